The van der Waals surface area contributed by atoms with Crippen molar-refractivity contribution in [3.8, 4) is 0 Å². The van der Waals surface area contributed by atoms with Crippen molar-refractivity contribution in [1.29, 1.82) is 0 Å². The molecule has 0 aromatic carbocycles. The number of thioether (sulfide) groups is 1. The average molecular weight is 185 g/mol. The molecule has 0 aliphatic carbocycles. The Kier molecular flexibility index (Phi) is 3.62. The van der Waals surface area contributed by atoms with E-state index in [1.807, 2.05) is 18.7 Å². The maximum absolute atomic E-state index is 5.39. The monoisotopic (exact) mass is 185 g/mol. The van der Waals surface area contributed by atoms with Crippen LogP contribution in [-0.4, -0.2) is 22.3 Å². The van der Waals surface area contributed by atoms with Crippen molar-refractivity contribution in [2.45, 2.75) is 19.6 Å². The molecule has 0 aliphatic heterocycles. The maximum Gasteiger partial charge on any atom is 0.103 e. The van der Waals surface area contributed by atoms with Gasteiger partial charge in [-0.3, -0.25) is 0 Å². The second-order valence-corrected chi connectivity index (χ2v) is 3.84. The molecule has 0 unspecified atom stereocenters. The van der Waals surface area contributed by atoms with Crippen LogP contribution in [0.3, 0.4) is 0 Å². The molecule has 4 heteroatoms. The quantitative estimate of drug-likeness (QED) is 0.693. The first-order chi connectivity index (χ1) is 5.74. The van der Waals surface area contributed by atoms with Gasteiger partial charge in [0, 0.05) is 23.7 Å². The van der Waals surface area contributed by atoms with E-state index in [9.17, 15) is 0 Å². The molecule has 0 amide bonds. The minimum absolute atomic E-state index is 0.743. The van der Waals surface area contributed by atoms with Crippen LogP contribution in [-0.2, 0) is 5.75 Å². The number of rotatable bonds is 4. The zero-order valence-corrected chi connectivity index (χ0v) is 8.37. The largest absolute Gasteiger partial charge is 0.346 e. The number of nitrogens with zero attached hydrogens (tertiary/aromatic N) is 1. The van der Waals surface area contributed by atoms with Crippen molar-refractivity contribution in [3.05, 3.63) is 17.2 Å². The molecule has 1 heterocycles. The molecule has 1 aromatic rings. The van der Waals surface area contributed by atoms with E-state index in [1.165, 1.54) is 5.69 Å². The van der Waals surface area contributed by atoms with Gasteiger partial charge in [-0.2, -0.15) is 11.8 Å². The lowest BCUT2D eigenvalue weighted by atomic mass is 10.4. The predicted molar refractivity (Wildman–Crippen MR) is 53.3 cm³/mol. The SMILES string of the molecule is Cc1nc(CSCCN)c(C)[nH]1. The van der Waals surface area contributed by atoms with Gasteiger partial charge in [0.05, 0.1) is 5.69 Å². The molecule has 0 saturated heterocycles. The second-order valence-electron chi connectivity index (χ2n) is 2.74. The third-order valence-corrected chi connectivity index (χ3v) is 2.61. The number of hydrogen-bond acceptors (Lipinski definition) is 3. The number of nitrogens with one attached hydrogen (secondary N) is 1. The van der Waals surface area contributed by atoms with Gasteiger partial charge in [0.15, 0.2) is 0 Å². The molecule has 0 aliphatic rings. The highest BCUT2D eigenvalue weighted by molar-refractivity contribution is 7.98. The van der Waals surface area contributed by atoms with Crippen LogP contribution in [0.1, 0.15) is 17.2 Å². The van der Waals surface area contributed by atoms with Crippen molar-refractivity contribution in [2.75, 3.05) is 12.3 Å². The topological polar surface area (TPSA) is 54.7 Å². The van der Waals surface area contributed by atoms with E-state index in [-0.39, 0.29) is 0 Å². The van der Waals surface area contributed by atoms with E-state index in [0.717, 1.165) is 29.6 Å². The first-order valence-electron chi connectivity index (χ1n) is 4.04. The van der Waals surface area contributed by atoms with Gasteiger partial charge < -0.3 is 10.7 Å². The van der Waals surface area contributed by atoms with Gasteiger partial charge in [-0.1, -0.05) is 0 Å². The Labute approximate surface area is 77.1 Å². The summed E-state index contributed by atoms with van der Waals surface area (Å²) in [5.41, 5.74) is 7.72. The van der Waals surface area contributed by atoms with Gasteiger partial charge in [-0.15, -0.1) is 0 Å². The summed E-state index contributed by atoms with van der Waals surface area (Å²) in [6.45, 7) is 4.77. The normalized spacial score (nSPS) is 10.6. The predicted octanol–water partition coefficient (Wildman–Crippen LogP) is 1.22. The molecule has 0 atom stereocenters. The number of imidazole rings is 1. The first-order valence-corrected chi connectivity index (χ1v) is 5.19. The summed E-state index contributed by atoms with van der Waals surface area (Å²) in [7, 11) is 0. The van der Waals surface area contributed by atoms with Crippen LogP contribution >= 0.6 is 11.8 Å². The molecule has 0 radical (unpaired) electrons. The summed E-state index contributed by atoms with van der Waals surface area (Å²) in [4.78, 5) is 7.54. The van der Waals surface area contributed by atoms with Crippen molar-refractivity contribution < 1.29 is 0 Å². The van der Waals surface area contributed by atoms with Crippen LogP contribution in [0.25, 0.3) is 0 Å². The van der Waals surface area contributed by atoms with E-state index in [4.69, 9.17) is 5.73 Å². The number of aromatic amines is 1. The zero-order chi connectivity index (χ0) is 8.97. The Bertz CT molecular complexity index is 244. The molecule has 1 aromatic heterocycles. The maximum atomic E-state index is 5.39. The molecule has 0 bridgehead atoms. The van der Waals surface area contributed by atoms with E-state index in [0.29, 0.717) is 0 Å². The lowest BCUT2D eigenvalue weighted by Gasteiger charge is -1.96. The Morgan fingerprint density at radius 2 is 2.25 bits per heavy atom. The van der Waals surface area contributed by atoms with Gasteiger partial charge in [-0.05, 0) is 13.8 Å². The Hall–Kier alpha value is -0.480. The van der Waals surface area contributed by atoms with Crippen molar-refractivity contribution in [1.82, 2.24) is 9.97 Å². The highest BCUT2D eigenvalue weighted by atomic mass is 32.2. The number of aromatic nitrogens is 2. The molecule has 3 nitrogen and oxygen atoms in total. The molecule has 68 valence electrons. The number of nitrogens with two attached hydrogens (primary N) is 1. The standard InChI is InChI=1S/C8H15N3S/c1-6-8(5-12-4-3-9)11-7(2)10-6/h3-5,9H2,1-2H3,(H,10,11). The fourth-order valence-corrected chi connectivity index (χ4v) is 1.84. The number of hydrogen-bond donors (Lipinski definition) is 2. The van der Waals surface area contributed by atoms with Gasteiger partial charge in [-0.25, -0.2) is 4.98 Å². The molecule has 12 heavy (non-hydrogen) atoms. The van der Waals surface area contributed by atoms with E-state index < -0.39 is 0 Å². The minimum atomic E-state index is 0.743. The van der Waals surface area contributed by atoms with Crippen LogP contribution in [0.5, 0.6) is 0 Å². The smallest absolute Gasteiger partial charge is 0.103 e. The molecular formula is C8H15N3S. The fourth-order valence-electron chi connectivity index (χ4n) is 1.05. The lowest BCUT2D eigenvalue weighted by Crippen LogP contribution is -2.01. The van der Waals surface area contributed by atoms with Crippen molar-refractivity contribution in [3.63, 3.8) is 0 Å². The van der Waals surface area contributed by atoms with Crippen molar-refractivity contribution in [2.24, 2.45) is 5.73 Å². The van der Waals surface area contributed by atoms with Crippen LogP contribution in [0.4, 0.5) is 0 Å². The van der Waals surface area contributed by atoms with E-state index in [2.05, 4.69) is 16.9 Å². The minimum Gasteiger partial charge on any atom is -0.346 e. The summed E-state index contributed by atoms with van der Waals surface area (Å²) in [6.07, 6.45) is 0. The molecule has 0 saturated carbocycles. The lowest BCUT2D eigenvalue weighted by molar-refractivity contribution is 1.11. The van der Waals surface area contributed by atoms with Gasteiger partial charge in [0.2, 0.25) is 0 Å². The third-order valence-electron chi connectivity index (χ3n) is 1.60. The second kappa shape index (κ2) is 4.52. The summed E-state index contributed by atoms with van der Waals surface area (Å²) in [5.74, 6) is 2.97. The Morgan fingerprint density at radius 1 is 1.50 bits per heavy atom. The van der Waals surface area contributed by atoms with Crippen LogP contribution in [0.2, 0.25) is 0 Å². The summed E-state index contributed by atoms with van der Waals surface area (Å²) in [5, 5.41) is 0. The van der Waals surface area contributed by atoms with Crippen LogP contribution < -0.4 is 5.73 Å². The number of aryl methyl sites for hydroxylation is 2. The summed E-state index contributed by atoms with van der Waals surface area (Å²) < 4.78 is 0. The molecule has 3 N–H and O–H groups in total. The van der Waals surface area contributed by atoms with E-state index >= 15 is 0 Å². The van der Waals surface area contributed by atoms with Gasteiger partial charge >= 0.3 is 0 Å². The number of H-pyrrole nitrogens is 1. The Morgan fingerprint density at radius 3 is 2.75 bits per heavy atom. The fraction of sp³-hybridized carbons (Fsp3) is 0.625. The Balaban J connectivity index is 2.45. The highest BCUT2D eigenvalue weighted by Crippen LogP contribution is 2.12. The highest BCUT2D eigenvalue weighted by Gasteiger charge is 2.02. The van der Waals surface area contributed by atoms with Crippen molar-refractivity contribution >= 4 is 11.8 Å². The molecule has 0 fully saturated rings. The third kappa shape index (κ3) is 2.53. The van der Waals surface area contributed by atoms with Crippen LogP contribution in [0, 0.1) is 13.8 Å². The first kappa shape index (κ1) is 9.61. The zero-order valence-electron chi connectivity index (χ0n) is 7.55. The summed E-state index contributed by atoms with van der Waals surface area (Å²) in [6, 6.07) is 0. The molecule has 1 rings (SSSR count). The van der Waals surface area contributed by atoms with Gasteiger partial charge in [0.25, 0.3) is 0 Å². The van der Waals surface area contributed by atoms with Crippen LogP contribution in [0.15, 0.2) is 0 Å². The van der Waals surface area contributed by atoms with Gasteiger partial charge in [0.1, 0.15) is 5.82 Å². The average Bonchev–Trinajstić information content (AvgIpc) is 2.31. The molecule has 0 spiro atoms. The summed E-state index contributed by atoms with van der Waals surface area (Å²) >= 11 is 1.83. The molecular weight excluding hydrogens is 170 g/mol. The van der Waals surface area contributed by atoms with E-state index in [1.54, 1.807) is 0 Å².